The Labute approximate surface area is 161 Å². The second-order valence-electron chi connectivity index (χ2n) is 5.83. The van der Waals surface area contributed by atoms with Gasteiger partial charge in [0, 0.05) is 34.0 Å². The molecule has 0 unspecified atom stereocenters. The lowest BCUT2D eigenvalue weighted by Gasteiger charge is -2.30. The molecule has 8 heteroatoms. The van der Waals surface area contributed by atoms with Gasteiger partial charge in [0.25, 0.3) is 0 Å². The number of aryl methyl sites for hydroxylation is 2. The number of rotatable bonds is 3. The van der Waals surface area contributed by atoms with E-state index in [2.05, 4.69) is 25.5 Å². The number of halogens is 1. The van der Waals surface area contributed by atoms with E-state index < -0.39 is 18.8 Å². The van der Waals surface area contributed by atoms with Gasteiger partial charge in [0.2, 0.25) is 0 Å². The molecule has 0 saturated carbocycles. The fraction of sp³-hybridized carbons (Fsp3) is 0.211. The van der Waals surface area contributed by atoms with Crippen LogP contribution in [0.25, 0.3) is 0 Å². The SMILES string of the molecule is [2H]C1([2H])Cc2ncc(Nc3ccncc3F)cc2C([2H])([2H])N1c1nnc(C#N)cc1C. The van der Waals surface area contributed by atoms with E-state index in [1.54, 1.807) is 6.92 Å². The third-order valence-electron chi connectivity index (χ3n) is 3.94. The Morgan fingerprint density at radius 1 is 1.33 bits per heavy atom. The summed E-state index contributed by atoms with van der Waals surface area (Å²) in [5.74, 6) is -0.595. The highest BCUT2D eigenvalue weighted by molar-refractivity contribution is 5.60. The first kappa shape index (κ1) is 12.7. The molecule has 0 saturated heterocycles. The predicted molar refractivity (Wildman–Crippen MR) is 98.0 cm³/mol. The summed E-state index contributed by atoms with van der Waals surface area (Å²) in [6.07, 6.45) is 3.66. The molecular formula is C19H16FN7. The zero-order chi connectivity index (χ0) is 22.4. The zero-order valence-electron chi connectivity index (χ0n) is 18.2. The Bertz CT molecular complexity index is 1210. The summed E-state index contributed by atoms with van der Waals surface area (Å²) in [4.78, 5) is 8.82. The number of nitriles is 1. The van der Waals surface area contributed by atoms with E-state index in [0.29, 0.717) is 11.3 Å². The molecule has 1 aliphatic rings. The minimum atomic E-state index is -2.35. The molecule has 27 heavy (non-hydrogen) atoms. The van der Waals surface area contributed by atoms with Gasteiger partial charge in [-0.3, -0.25) is 9.97 Å². The molecule has 3 aromatic rings. The Morgan fingerprint density at radius 3 is 3.00 bits per heavy atom. The molecule has 0 atom stereocenters. The van der Waals surface area contributed by atoms with Gasteiger partial charge >= 0.3 is 0 Å². The minimum absolute atomic E-state index is 0.0156. The van der Waals surface area contributed by atoms with E-state index in [9.17, 15) is 4.39 Å². The van der Waals surface area contributed by atoms with Crippen LogP contribution in [-0.4, -0.2) is 26.7 Å². The summed E-state index contributed by atoms with van der Waals surface area (Å²) in [6, 6.07) is 6.18. The van der Waals surface area contributed by atoms with Crippen molar-refractivity contribution in [2.24, 2.45) is 0 Å². The first-order valence-electron chi connectivity index (χ1n) is 10.0. The molecule has 0 bridgehead atoms. The summed E-state index contributed by atoms with van der Waals surface area (Å²) in [6.45, 7) is -2.91. The van der Waals surface area contributed by atoms with Crippen molar-refractivity contribution in [2.45, 2.75) is 19.8 Å². The van der Waals surface area contributed by atoms with Crippen LogP contribution in [0.1, 0.15) is 28.0 Å². The topological polar surface area (TPSA) is 90.6 Å². The Balaban J connectivity index is 1.80. The van der Waals surface area contributed by atoms with Gasteiger partial charge in [-0.15, -0.1) is 10.2 Å². The van der Waals surface area contributed by atoms with Gasteiger partial charge in [0.1, 0.15) is 6.07 Å². The predicted octanol–water partition coefficient (Wildman–Crippen LogP) is 2.89. The lowest BCUT2D eigenvalue weighted by molar-refractivity contribution is 0.625. The largest absolute Gasteiger partial charge is 0.352 e. The highest BCUT2D eigenvalue weighted by atomic mass is 19.1. The summed E-state index contributed by atoms with van der Waals surface area (Å²) >= 11 is 0. The molecular weight excluding hydrogens is 345 g/mol. The lowest BCUT2D eigenvalue weighted by Crippen LogP contribution is -2.32. The summed E-state index contributed by atoms with van der Waals surface area (Å²) in [5, 5.41) is 19.5. The molecule has 0 aromatic carbocycles. The van der Waals surface area contributed by atoms with Crippen LogP contribution in [0, 0.1) is 24.1 Å². The molecule has 0 amide bonds. The van der Waals surface area contributed by atoms with Crippen LogP contribution in [0.15, 0.2) is 36.8 Å². The molecule has 3 aromatic heterocycles. The van der Waals surface area contributed by atoms with Crippen LogP contribution in [0.5, 0.6) is 0 Å². The van der Waals surface area contributed by atoms with Crippen molar-refractivity contribution in [3.63, 3.8) is 0 Å². The molecule has 4 heterocycles. The summed E-state index contributed by atoms with van der Waals surface area (Å²) in [5.41, 5.74) is 1.29. The molecule has 0 aliphatic carbocycles. The Kier molecular flexibility index (Phi) is 3.27. The number of nitrogens with zero attached hydrogens (tertiary/aromatic N) is 6. The second-order valence-corrected chi connectivity index (χ2v) is 5.83. The number of hydrogen-bond donors (Lipinski definition) is 1. The summed E-state index contributed by atoms with van der Waals surface area (Å²) in [7, 11) is 0. The lowest BCUT2D eigenvalue weighted by atomic mass is 10.0. The van der Waals surface area contributed by atoms with Crippen LogP contribution in [-0.2, 0) is 12.9 Å². The Hall–Kier alpha value is -3.60. The first-order chi connectivity index (χ1) is 14.6. The van der Waals surface area contributed by atoms with Gasteiger partial charge in [-0.1, -0.05) is 0 Å². The zero-order valence-corrected chi connectivity index (χ0v) is 14.2. The second kappa shape index (κ2) is 6.96. The maximum atomic E-state index is 13.9. The highest BCUT2D eigenvalue weighted by Crippen LogP contribution is 2.27. The van der Waals surface area contributed by atoms with Crippen molar-refractivity contribution < 1.29 is 9.87 Å². The van der Waals surface area contributed by atoms with Crippen molar-refractivity contribution in [3.8, 4) is 6.07 Å². The van der Waals surface area contributed by atoms with Crippen LogP contribution < -0.4 is 10.2 Å². The smallest absolute Gasteiger partial charge is 0.164 e. The van der Waals surface area contributed by atoms with Crippen molar-refractivity contribution in [1.29, 1.82) is 5.26 Å². The monoisotopic (exact) mass is 365 g/mol. The standard InChI is InChI=1S/C19H16FN7/c1-12-6-14(8-21)25-26-19(12)27-5-3-17-13(11-27)7-15(9-23-17)24-18-2-4-22-10-16(18)20/h2,4,6-7,9-10H,3,5,11H2,1H3,(H,22,24)/i5D2,11D2. The molecule has 4 rings (SSSR count). The molecule has 1 N–H and O–H groups in total. The van der Waals surface area contributed by atoms with Gasteiger partial charge in [-0.25, -0.2) is 4.39 Å². The van der Waals surface area contributed by atoms with E-state index in [4.69, 9.17) is 10.7 Å². The number of aromatic nitrogens is 4. The number of pyridine rings is 2. The van der Waals surface area contributed by atoms with E-state index in [1.807, 2.05) is 6.07 Å². The average Bonchev–Trinajstić information content (AvgIpc) is 2.71. The van der Waals surface area contributed by atoms with E-state index in [-0.39, 0.29) is 34.9 Å². The fourth-order valence-corrected chi connectivity index (χ4v) is 2.63. The molecule has 0 fully saturated rings. The molecule has 1 aliphatic heterocycles. The van der Waals surface area contributed by atoms with Crippen molar-refractivity contribution in [2.75, 3.05) is 16.7 Å². The molecule has 134 valence electrons. The first-order valence-corrected chi connectivity index (χ1v) is 8.04. The van der Waals surface area contributed by atoms with Crippen LogP contribution in [0.3, 0.4) is 0 Å². The summed E-state index contributed by atoms with van der Waals surface area (Å²) < 4.78 is 48.4. The van der Waals surface area contributed by atoms with Gasteiger partial charge in [0.05, 0.1) is 26.5 Å². The van der Waals surface area contributed by atoms with E-state index in [0.717, 1.165) is 11.1 Å². The van der Waals surface area contributed by atoms with Crippen LogP contribution in [0.4, 0.5) is 21.6 Å². The van der Waals surface area contributed by atoms with Gasteiger partial charge in [-0.05, 0) is 36.2 Å². The van der Waals surface area contributed by atoms with Gasteiger partial charge in [-0.2, -0.15) is 5.26 Å². The Morgan fingerprint density at radius 2 is 2.22 bits per heavy atom. The third-order valence-corrected chi connectivity index (χ3v) is 3.94. The third kappa shape index (κ3) is 3.40. The number of anilines is 3. The molecule has 0 radical (unpaired) electrons. The minimum Gasteiger partial charge on any atom is -0.352 e. The molecule has 0 spiro atoms. The van der Waals surface area contributed by atoms with Gasteiger partial charge < -0.3 is 10.2 Å². The van der Waals surface area contributed by atoms with Gasteiger partial charge in [0.15, 0.2) is 17.3 Å². The maximum absolute atomic E-state index is 13.9. The average molecular weight is 365 g/mol. The van der Waals surface area contributed by atoms with E-state index in [1.165, 1.54) is 30.6 Å². The van der Waals surface area contributed by atoms with Crippen LogP contribution in [0.2, 0.25) is 0 Å². The van der Waals surface area contributed by atoms with Crippen LogP contribution >= 0.6 is 0 Å². The quantitative estimate of drug-likeness (QED) is 0.763. The molecule has 7 nitrogen and oxygen atoms in total. The fourth-order valence-electron chi connectivity index (χ4n) is 2.63. The maximum Gasteiger partial charge on any atom is 0.164 e. The van der Waals surface area contributed by atoms with Crippen molar-refractivity contribution in [1.82, 2.24) is 20.2 Å². The number of nitrogens with one attached hydrogen (secondary N) is 1. The normalized spacial score (nSPS) is 18.9. The number of fused-ring (bicyclic) bond motifs is 1. The van der Waals surface area contributed by atoms with Crippen molar-refractivity contribution >= 4 is 17.2 Å². The number of hydrogen-bond acceptors (Lipinski definition) is 7. The van der Waals surface area contributed by atoms with Crippen molar-refractivity contribution in [3.05, 3.63) is 65.1 Å². The highest BCUT2D eigenvalue weighted by Gasteiger charge is 2.21. The van der Waals surface area contributed by atoms with E-state index >= 15 is 0 Å².